The summed E-state index contributed by atoms with van der Waals surface area (Å²) >= 11 is 7.94. The van der Waals surface area contributed by atoms with E-state index in [0.29, 0.717) is 21.9 Å². The molecular formula is C12H10BrFN2O2S2. The predicted molar refractivity (Wildman–Crippen MR) is 82.5 cm³/mol. The van der Waals surface area contributed by atoms with Crippen molar-refractivity contribution in [1.29, 1.82) is 0 Å². The minimum Gasteiger partial charge on any atom is -0.472 e. The summed E-state index contributed by atoms with van der Waals surface area (Å²) in [5.74, 6) is 0.382. The van der Waals surface area contributed by atoms with Gasteiger partial charge in [-0.05, 0) is 34.8 Å². The van der Waals surface area contributed by atoms with Gasteiger partial charge in [0.2, 0.25) is 10.6 Å². The van der Waals surface area contributed by atoms with E-state index in [1.807, 2.05) is 0 Å². The second kappa shape index (κ2) is 7.14. The van der Waals surface area contributed by atoms with Crippen molar-refractivity contribution in [3.05, 3.63) is 41.6 Å². The van der Waals surface area contributed by atoms with Gasteiger partial charge in [-0.15, -0.1) is 5.10 Å². The largest absolute Gasteiger partial charge is 0.472 e. The van der Waals surface area contributed by atoms with Crippen LogP contribution in [0.5, 0.6) is 5.88 Å². The van der Waals surface area contributed by atoms with Crippen molar-refractivity contribution in [2.75, 3.05) is 6.01 Å². The predicted octanol–water partition coefficient (Wildman–Crippen LogP) is 3.71. The first-order valence-corrected chi connectivity index (χ1v) is 7.68. The SMILES string of the molecule is O=C(Br)c1cccc(SCF)c1COc1ccn(S)n1. The summed E-state index contributed by atoms with van der Waals surface area (Å²) in [5, 5.41) is 3.96. The first-order chi connectivity index (χ1) is 9.61. The number of ether oxygens (including phenoxy) is 1. The molecule has 1 aromatic heterocycles. The van der Waals surface area contributed by atoms with Crippen LogP contribution in [-0.4, -0.2) is 19.9 Å². The monoisotopic (exact) mass is 376 g/mol. The quantitative estimate of drug-likeness (QED) is 0.474. The Morgan fingerprint density at radius 1 is 1.50 bits per heavy atom. The van der Waals surface area contributed by atoms with Gasteiger partial charge in [0.25, 0.3) is 0 Å². The third-order valence-corrected chi connectivity index (χ3v) is 3.92. The third kappa shape index (κ3) is 3.77. The van der Waals surface area contributed by atoms with E-state index in [4.69, 9.17) is 4.74 Å². The molecule has 2 rings (SSSR count). The average molecular weight is 377 g/mol. The highest BCUT2D eigenvalue weighted by molar-refractivity contribution is 9.18. The van der Waals surface area contributed by atoms with Crippen molar-refractivity contribution in [3.8, 4) is 5.88 Å². The van der Waals surface area contributed by atoms with Crippen LogP contribution in [0, 0.1) is 0 Å². The Morgan fingerprint density at radius 3 is 2.90 bits per heavy atom. The lowest BCUT2D eigenvalue weighted by Crippen LogP contribution is -2.04. The number of rotatable bonds is 6. The number of nitrogens with zero attached hydrogens (tertiary/aromatic N) is 2. The Hall–Kier alpha value is -0.990. The van der Waals surface area contributed by atoms with Crippen LogP contribution >= 0.6 is 40.5 Å². The lowest BCUT2D eigenvalue weighted by atomic mass is 10.1. The van der Waals surface area contributed by atoms with E-state index in [1.54, 1.807) is 30.5 Å². The number of carbonyl (C=O) groups is 1. The summed E-state index contributed by atoms with van der Waals surface area (Å²) in [5.41, 5.74) is 1.08. The molecule has 0 bridgehead atoms. The van der Waals surface area contributed by atoms with Crippen LogP contribution in [0.4, 0.5) is 4.39 Å². The van der Waals surface area contributed by atoms with Crippen molar-refractivity contribution < 1.29 is 13.9 Å². The van der Waals surface area contributed by atoms with Gasteiger partial charge in [-0.1, -0.05) is 23.9 Å². The van der Waals surface area contributed by atoms with E-state index >= 15 is 0 Å². The number of benzene rings is 1. The van der Waals surface area contributed by atoms with Crippen molar-refractivity contribution in [2.24, 2.45) is 0 Å². The Labute approximate surface area is 133 Å². The topological polar surface area (TPSA) is 44.1 Å². The third-order valence-electron chi connectivity index (χ3n) is 2.47. The zero-order valence-corrected chi connectivity index (χ0v) is 13.4. The van der Waals surface area contributed by atoms with Gasteiger partial charge in [-0.2, -0.15) is 0 Å². The molecule has 1 aromatic carbocycles. The first-order valence-electron chi connectivity index (χ1n) is 5.50. The highest BCUT2D eigenvalue weighted by atomic mass is 79.9. The van der Waals surface area contributed by atoms with Gasteiger partial charge in [0.05, 0.1) is 0 Å². The number of halogens is 2. The number of carbonyl (C=O) groups excluding carboxylic acids is 1. The normalized spacial score (nSPS) is 10.6. The van der Waals surface area contributed by atoms with Gasteiger partial charge in [-0.3, -0.25) is 4.79 Å². The molecule has 0 N–H and O–H groups in total. The minimum atomic E-state index is -0.571. The standard InChI is InChI=1S/C12H10BrFN2O2S2/c13-12(17)8-2-1-3-10(20-7-14)9(8)6-18-11-4-5-16(19)15-11/h1-5,19H,6-7H2. The van der Waals surface area contributed by atoms with Gasteiger partial charge < -0.3 is 4.74 Å². The Morgan fingerprint density at radius 2 is 2.30 bits per heavy atom. The molecule has 0 unspecified atom stereocenters. The molecule has 0 aliphatic carbocycles. The number of aromatic nitrogens is 2. The molecule has 0 aliphatic heterocycles. The molecule has 0 aliphatic rings. The van der Waals surface area contributed by atoms with Gasteiger partial charge in [0.1, 0.15) is 12.6 Å². The molecule has 4 nitrogen and oxygen atoms in total. The molecule has 8 heteroatoms. The minimum absolute atomic E-state index is 0.126. The Kier molecular flexibility index (Phi) is 5.50. The molecule has 1 heterocycles. The molecule has 0 saturated heterocycles. The van der Waals surface area contributed by atoms with Gasteiger partial charge >= 0.3 is 0 Å². The summed E-state index contributed by atoms with van der Waals surface area (Å²) in [6.07, 6.45) is 1.62. The maximum absolute atomic E-state index is 12.6. The Balaban J connectivity index is 2.25. The van der Waals surface area contributed by atoms with Crippen LogP contribution < -0.4 is 4.74 Å². The second-order valence-electron chi connectivity index (χ2n) is 3.67. The molecule has 0 radical (unpaired) electrons. The summed E-state index contributed by atoms with van der Waals surface area (Å²) in [6, 6.07) is 6.19. The molecule has 0 amide bonds. The van der Waals surface area contributed by atoms with Crippen LogP contribution in [0.25, 0.3) is 0 Å². The molecule has 0 spiro atoms. The molecule has 0 fully saturated rings. The van der Waals surface area contributed by atoms with E-state index in [2.05, 4.69) is 33.8 Å². The van der Waals surface area contributed by atoms with Crippen molar-refractivity contribution in [3.63, 3.8) is 0 Å². The zero-order valence-electron chi connectivity index (χ0n) is 10.1. The van der Waals surface area contributed by atoms with Gasteiger partial charge in [0, 0.05) is 28.3 Å². The van der Waals surface area contributed by atoms with E-state index in [-0.39, 0.29) is 11.3 Å². The van der Waals surface area contributed by atoms with Crippen LogP contribution in [-0.2, 0) is 6.61 Å². The molecular weight excluding hydrogens is 367 g/mol. The number of alkyl halides is 1. The number of thiol groups is 1. The van der Waals surface area contributed by atoms with Crippen molar-refractivity contribution >= 4 is 45.2 Å². The number of thioether (sulfide) groups is 1. The van der Waals surface area contributed by atoms with E-state index in [0.717, 1.165) is 11.8 Å². The smallest absolute Gasteiger partial charge is 0.234 e. The van der Waals surface area contributed by atoms with Crippen LogP contribution in [0.2, 0.25) is 0 Å². The highest BCUT2D eigenvalue weighted by Gasteiger charge is 2.14. The summed E-state index contributed by atoms with van der Waals surface area (Å²) in [7, 11) is 0. The van der Waals surface area contributed by atoms with E-state index < -0.39 is 6.01 Å². The molecule has 20 heavy (non-hydrogen) atoms. The fraction of sp³-hybridized carbons (Fsp3) is 0.167. The lowest BCUT2D eigenvalue weighted by Gasteiger charge is -2.11. The van der Waals surface area contributed by atoms with Crippen molar-refractivity contribution in [2.45, 2.75) is 11.5 Å². The van der Waals surface area contributed by atoms with Crippen LogP contribution in [0.1, 0.15) is 15.9 Å². The maximum Gasteiger partial charge on any atom is 0.234 e. The van der Waals surface area contributed by atoms with Crippen molar-refractivity contribution in [1.82, 2.24) is 9.19 Å². The van der Waals surface area contributed by atoms with Crippen LogP contribution in [0.15, 0.2) is 35.4 Å². The Bertz CT molecular complexity index is 621. The molecule has 0 atom stereocenters. The fourth-order valence-corrected chi connectivity index (χ4v) is 2.78. The first kappa shape index (κ1) is 15.4. The zero-order chi connectivity index (χ0) is 14.5. The summed E-state index contributed by atoms with van der Waals surface area (Å²) in [6.45, 7) is 0.126. The highest BCUT2D eigenvalue weighted by Crippen LogP contribution is 2.28. The molecule has 0 saturated carbocycles. The number of hydrogen-bond donors (Lipinski definition) is 1. The van der Waals surface area contributed by atoms with Crippen LogP contribution in [0.3, 0.4) is 0 Å². The van der Waals surface area contributed by atoms with E-state index in [9.17, 15) is 9.18 Å². The summed E-state index contributed by atoms with van der Waals surface area (Å²) < 4.78 is 19.1. The van der Waals surface area contributed by atoms with Gasteiger partial charge in [-0.25, -0.2) is 8.48 Å². The van der Waals surface area contributed by atoms with E-state index in [1.165, 1.54) is 4.09 Å². The molecule has 106 valence electrons. The fourth-order valence-electron chi connectivity index (χ4n) is 1.61. The number of hydrogen-bond acceptors (Lipinski definition) is 5. The average Bonchev–Trinajstić information content (AvgIpc) is 2.83. The lowest BCUT2D eigenvalue weighted by molar-refractivity contribution is 0.109. The van der Waals surface area contributed by atoms with Gasteiger partial charge in [0.15, 0.2) is 0 Å². The maximum atomic E-state index is 12.6. The summed E-state index contributed by atoms with van der Waals surface area (Å²) in [4.78, 5) is 12.2. The second-order valence-corrected chi connectivity index (χ2v) is 5.75. The molecule has 2 aromatic rings.